The summed E-state index contributed by atoms with van der Waals surface area (Å²) < 4.78 is 13.1. The quantitative estimate of drug-likeness (QED) is 0.811. The van der Waals surface area contributed by atoms with Crippen LogP contribution in [0.25, 0.3) is 0 Å². The number of nitrogens with two attached hydrogens (primary N) is 1. The maximum absolute atomic E-state index is 13.1. The number of hydrogen-bond donors (Lipinski definition) is 3. The molecule has 4 N–H and O–H groups in total. The number of carbonyl (C=O) groups excluding carboxylic acids is 1. The summed E-state index contributed by atoms with van der Waals surface area (Å²) >= 11 is 5.91. The molecule has 0 aliphatic carbocycles. The number of aromatic hydroxyl groups is 1. The molecule has 0 fully saturated rings. The predicted molar refractivity (Wildman–Crippen MR) is 75.4 cm³/mol. The summed E-state index contributed by atoms with van der Waals surface area (Å²) in [6.45, 7) is 0.218. The van der Waals surface area contributed by atoms with E-state index in [1.807, 2.05) is 0 Å². The summed E-state index contributed by atoms with van der Waals surface area (Å²) in [6.07, 6.45) is 0. The number of carbonyl (C=O) groups is 1. The lowest BCUT2D eigenvalue weighted by Crippen LogP contribution is -2.11. The first kappa shape index (κ1) is 14.1. The average molecular weight is 295 g/mol. The van der Waals surface area contributed by atoms with Gasteiger partial charge in [0.1, 0.15) is 11.6 Å². The van der Waals surface area contributed by atoms with Crippen molar-refractivity contribution in [1.82, 2.24) is 0 Å². The number of phenols is 1. The lowest BCUT2D eigenvalue weighted by atomic mass is 10.1. The van der Waals surface area contributed by atoms with Gasteiger partial charge in [-0.25, -0.2) is 4.39 Å². The highest BCUT2D eigenvalue weighted by Gasteiger charge is 2.08. The molecule has 0 saturated heterocycles. The summed E-state index contributed by atoms with van der Waals surface area (Å²) in [6, 6.07) is 8.37. The van der Waals surface area contributed by atoms with Crippen LogP contribution in [0.4, 0.5) is 10.1 Å². The van der Waals surface area contributed by atoms with Crippen LogP contribution in [0.1, 0.15) is 15.9 Å². The van der Waals surface area contributed by atoms with Crippen LogP contribution in [-0.4, -0.2) is 11.0 Å². The SMILES string of the molecule is NC(=O)c1ccc(NCc2cc(F)ccc2O)cc1Cl. The van der Waals surface area contributed by atoms with E-state index < -0.39 is 11.7 Å². The van der Waals surface area contributed by atoms with Crippen molar-refractivity contribution in [3.63, 3.8) is 0 Å². The van der Waals surface area contributed by atoms with Crippen LogP contribution in [-0.2, 0) is 6.54 Å². The van der Waals surface area contributed by atoms with Gasteiger partial charge in [-0.3, -0.25) is 4.79 Å². The second-order valence-electron chi connectivity index (χ2n) is 4.19. The molecule has 0 aliphatic rings. The van der Waals surface area contributed by atoms with E-state index in [0.29, 0.717) is 11.3 Å². The van der Waals surface area contributed by atoms with Crippen LogP contribution >= 0.6 is 11.6 Å². The number of primary amides is 1. The molecule has 6 heteroatoms. The molecule has 20 heavy (non-hydrogen) atoms. The van der Waals surface area contributed by atoms with Crippen LogP contribution in [0, 0.1) is 5.82 Å². The molecule has 0 atom stereocenters. The van der Waals surface area contributed by atoms with Crippen molar-refractivity contribution >= 4 is 23.2 Å². The number of halogens is 2. The largest absolute Gasteiger partial charge is 0.508 e. The number of benzene rings is 2. The Morgan fingerprint density at radius 2 is 2.05 bits per heavy atom. The molecule has 0 spiro atoms. The van der Waals surface area contributed by atoms with E-state index in [0.717, 1.165) is 0 Å². The third kappa shape index (κ3) is 3.19. The number of anilines is 1. The van der Waals surface area contributed by atoms with Crippen LogP contribution in [0.5, 0.6) is 5.75 Å². The second kappa shape index (κ2) is 5.79. The zero-order valence-electron chi connectivity index (χ0n) is 10.4. The lowest BCUT2D eigenvalue weighted by Gasteiger charge is -2.09. The summed E-state index contributed by atoms with van der Waals surface area (Å²) in [7, 11) is 0. The minimum atomic E-state index is -0.607. The zero-order chi connectivity index (χ0) is 14.7. The highest BCUT2D eigenvalue weighted by molar-refractivity contribution is 6.34. The molecule has 4 nitrogen and oxygen atoms in total. The smallest absolute Gasteiger partial charge is 0.250 e. The van der Waals surface area contributed by atoms with Gasteiger partial charge in [-0.05, 0) is 36.4 Å². The van der Waals surface area contributed by atoms with Crippen molar-refractivity contribution in [3.8, 4) is 5.75 Å². The molecule has 0 unspecified atom stereocenters. The maximum atomic E-state index is 13.1. The van der Waals surface area contributed by atoms with E-state index in [9.17, 15) is 14.3 Å². The Morgan fingerprint density at radius 3 is 2.70 bits per heavy atom. The van der Waals surface area contributed by atoms with Gasteiger partial charge in [0, 0.05) is 17.8 Å². The van der Waals surface area contributed by atoms with E-state index in [4.69, 9.17) is 17.3 Å². The highest BCUT2D eigenvalue weighted by atomic mass is 35.5. The van der Waals surface area contributed by atoms with Crippen LogP contribution in [0.3, 0.4) is 0 Å². The maximum Gasteiger partial charge on any atom is 0.250 e. The van der Waals surface area contributed by atoms with Gasteiger partial charge in [0.25, 0.3) is 0 Å². The first-order valence-electron chi connectivity index (χ1n) is 5.78. The highest BCUT2D eigenvalue weighted by Crippen LogP contribution is 2.23. The normalized spacial score (nSPS) is 10.3. The fourth-order valence-electron chi connectivity index (χ4n) is 1.72. The fourth-order valence-corrected chi connectivity index (χ4v) is 1.99. The van der Waals surface area contributed by atoms with E-state index in [2.05, 4.69) is 5.32 Å². The first-order chi connectivity index (χ1) is 9.47. The molecular weight excluding hydrogens is 283 g/mol. The lowest BCUT2D eigenvalue weighted by molar-refractivity contribution is 0.100. The Balaban J connectivity index is 2.13. The van der Waals surface area contributed by atoms with Gasteiger partial charge in [-0.2, -0.15) is 0 Å². The van der Waals surface area contributed by atoms with Crippen molar-refractivity contribution < 1.29 is 14.3 Å². The molecule has 0 saturated carbocycles. The first-order valence-corrected chi connectivity index (χ1v) is 6.16. The zero-order valence-corrected chi connectivity index (χ0v) is 11.1. The molecule has 2 aromatic rings. The molecule has 0 aliphatic heterocycles. The van der Waals surface area contributed by atoms with E-state index in [1.165, 1.54) is 30.3 Å². The monoisotopic (exact) mass is 294 g/mol. The summed E-state index contributed by atoms with van der Waals surface area (Å²) in [5.74, 6) is -1.04. The Bertz CT molecular complexity index is 662. The minimum Gasteiger partial charge on any atom is -0.508 e. The minimum absolute atomic E-state index is 0.00115. The van der Waals surface area contributed by atoms with Crippen LogP contribution in [0.2, 0.25) is 5.02 Å². The third-order valence-corrected chi connectivity index (χ3v) is 3.07. The van der Waals surface area contributed by atoms with Crippen molar-refractivity contribution in [3.05, 3.63) is 58.4 Å². The Kier molecular flexibility index (Phi) is 4.10. The standard InChI is InChI=1S/C14H12ClFN2O2/c15-12-6-10(2-3-11(12)14(17)20)18-7-8-5-9(16)1-4-13(8)19/h1-6,18-19H,7H2,(H2,17,20). The second-order valence-corrected chi connectivity index (χ2v) is 4.59. The summed E-state index contributed by atoms with van der Waals surface area (Å²) in [5, 5.41) is 12.8. The topological polar surface area (TPSA) is 75.4 Å². The molecule has 0 heterocycles. The Labute approximate surface area is 120 Å². The van der Waals surface area contributed by atoms with Crippen LogP contribution in [0.15, 0.2) is 36.4 Å². The van der Waals surface area contributed by atoms with Crippen molar-refractivity contribution in [1.29, 1.82) is 0 Å². The van der Waals surface area contributed by atoms with Crippen molar-refractivity contribution in [2.24, 2.45) is 5.73 Å². The van der Waals surface area contributed by atoms with Gasteiger partial charge >= 0.3 is 0 Å². The number of phenolic OH excluding ortho intramolecular Hbond substituents is 1. The van der Waals surface area contributed by atoms with Gasteiger partial charge in [-0.15, -0.1) is 0 Å². The van der Waals surface area contributed by atoms with E-state index >= 15 is 0 Å². The Morgan fingerprint density at radius 1 is 1.30 bits per heavy atom. The Hall–Kier alpha value is -2.27. The van der Waals surface area contributed by atoms with Crippen LogP contribution < -0.4 is 11.1 Å². The van der Waals surface area contributed by atoms with Gasteiger partial charge in [0.2, 0.25) is 5.91 Å². The molecule has 0 bridgehead atoms. The number of nitrogens with one attached hydrogen (secondary N) is 1. The summed E-state index contributed by atoms with van der Waals surface area (Å²) in [5.41, 5.74) is 6.42. The van der Waals surface area contributed by atoms with Gasteiger partial charge in [0.05, 0.1) is 10.6 Å². The molecule has 0 radical (unpaired) electrons. The number of rotatable bonds is 4. The van der Waals surface area contributed by atoms with Gasteiger partial charge in [-0.1, -0.05) is 11.6 Å². The molecule has 0 aromatic heterocycles. The molecule has 2 rings (SSSR count). The van der Waals surface area contributed by atoms with Crippen molar-refractivity contribution in [2.45, 2.75) is 6.54 Å². The predicted octanol–water partition coefficient (Wildman–Crippen LogP) is 2.90. The van der Waals surface area contributed by atoms with Crippen molar-refractivity contribution in [2.75, 3.05) is 5.32 Å². The number of amides is 1. The average Bonchev–Trinajstić information content (AvgIpc) is 2.39. The molecular formula is C14H12ClFN2O2. The molecule has 2 aromatic carbocycles. The van der Waals surface area contributed by atoms with Gasteiger partial charge < -0.3 is 16.2 Å². The molecule has 1 amide bonds. The van der Waals surface area contributed by atoms with E-state index in [-0.39, 0.29) is 22.9 Å². The van der Waals surface area contributed by atoms with E-state index in [1.54, 1.807) is 6.07 Å². The van der Waals surface area contributed by atoms with Gasteiger partial charge in [0.15, 0.2) is 0 Å². The molecule has 104 valence electrons. The number of hydrogen-bond acceptors (Lipinski definition) is 3. The fraction of sp³-hybridized carbons (Fsp3) is 0.0714. The third-order valence-electron chi connectivity index (χ3n) is 2.76. The summed E-state index contributed by atoms with van der Waals surface area (Å²) in [4.78, 5) is 11.0.